The number of hydrogen-bond donors (Lipinski definition) is 1. The molecule has 0 unspecified atom stereocenters. The predicted molar refractivity (Wildman–Crippen MR) is 58.1 cm³/mol. The van der Waals surface area contributed by atoms with Crippen molar-refractivity contribution >= 4 is 12.4 Å². The molecule has 18 heavy (non-hydrogen) atoms. The minimum absolute atomic E-state index is 0. The van der Waals surface area contributed by atoms with Crippen LogP contribution in [0.25, 0.3) is 0 Å². The molecular formula is C10H11ClF4N2O. The van der Waals surface area contributed by atoms with Crippen LogP contribution in [-0.2, 0) is 6.18 Å². The van der Waals surface area contributed by atoms with Crippen LogP contribution in [0.4, 0.5) is 17.6 Å². The predicted octanol–water partition coefficient (Wildman–Crippen LogP) is 2.53. The third-order valence-electron chi connectivity index (χ3n) is 2.53. The summed E-state index contributed by atoms with van der Waals surface area (Å²) in [6.45, 7) is 0. The fraction of sp³-hybridized carbons (Fsp3) is 0.500. The second kappa shape index (κ2) is 5.27. The Hall–Kier alpha value is -1.08. The van der Waals surface area contributed by atoms with Gasteiger partial charge in [-0.25, -0.2) is 4.98 Å². The summed E-state index contributed by atoms with van der Waals surface area (Å²) in [4.78, 5) is 2.83. The molecule has 0 bridgehead atoms. The maximum absolute atomic E-state index is 13.2. The summed E-state index contributed by atoms with van der Waals surface area (Å²) in [5.74, 6) is -1.52. The Morgan fingerprint density at radius 1 is 1.28 bits per heavy atom. The van der Waals surface area contributed by atoms with Gasteiger partial charge in [-0.1, -0.05) is 0 Å². The van der Waals surface area contributed by atoms with Crippen LogP contribution in [0.15, 0.2) is 12.1 Å². The van der Waals surface area contributed by atoms with Gasteiger partial charge in [-0.15, -0.1) is 12.4 Å². The average molecular weight is 287 g/mol. The molecule has 3 nitrogen and oxygen atoms in total. The van der Waals surface area contributed by atoms with Crippen LogP contribution in [-0.4, -0.2) is 17.1 Å². The number of pyridine rings is 1. The number of ether oxygens (including phenoxy) is 1. The molecule has 1 saturated carbocycles. The van der Waals surface area contributed by atoms with Gasteiger partial charge in [0.2, 0.25) is 0 Å². The molecule has 1 aromatic rings. The first-order chi connectivity index (χ1) is 7.86. The molecule has 0 amide bonds. The van der Waals surface area contributed by atoms with Crippen molar-refractivity contribution in [3.63, 3.8) is 0 Å². The number of hydrogen-bond acceptors (Lipinski definition) is 3. The fourth-order valence-corrected chi connectivity index (χ4v) is 1.55. The molecule has 0 saturated heterocycles. The second-order valence-electron chi connectivity index (χ2n) is 3.95. The first kappa shape index (κ1) is 15.0. The van der Waals surface area contributed by atoms with Gasteiger partial charge in [-0.05, 0) is 25.0 Å². The zero-order chi connectivity index (χ0) is 12.6. The number of rotatable bonds is 2. The van der Waals surface area contributed by atoms with Crippen molar-refractivity contribution in [2.45, 2.75) is 31.2 Å². The van der Waals surface area contributed by atoms with E-state index in [0.717, 1.165) is 6.07 Å². The van der Waals surface area contributed by atoms with Crippen molar-refractivity contribution in [1.82, 2.24) is 4.98 Å². The Kier molecular flexibility index (Phi) is 4.39. The number of nitrogens with two attached hydrogens (primary N) is 1. The van der Waals surface area contributed by atoms with Crippen LogP contribution in [0.5, 0.6) is 5.75 Å². The monoisotopic (exact) mass is 286 g/mol. The number of halogens is 5. The fourth-order valence-electron chi connectivity index (χ4n) is 1.55. The van der Waals surface area contributed by atoms with Gasteiger partial charge in [-0.3, -0.25) is 0 Å². The molecule has 8 heteroatoms. The lowest BCUT2D eigenvalue weighted by Gasteiger charge is -2.32. The summed E-state index contributed by atoms with van der Waals surface area (Å²) >= 11 is 0. The molecule has 0 aromatic carbocycles. The van der Waals surface area contributed by atoms with Crippen molar-refractivity contribution < 1.29 is 22.3 Å². The Labute approximate surface area is 107 Å². The zero-order valence-corrected chi connectivity index (χ0v) is 9.89. The lowest BCUT2D eigenvalue weighted by Crippen LogP contribution is -2.43. The summed E-state index contributed by atoms with van der Waals surface area (Å²) < 4.78 is 55.0. The highest BCUT2D eigenvalue weighted by Crippen LogP contribution is 2.31. The van der Waals surface area contributed by atoms with Crippen molar-refractivity contribution in [1.29, 1.82) is 0 Å². The van der Waals surface area contributed by atoms with Crippen LogP contribution in [0.2, 0.25) is 0 Å². The van der Waals surface area contributed by atoms with Gasteiger partial charge in [0, 0.05) is 6.04 Å². The summed E-state index contributed by atoms with van der Waals surface area (Å²) in [5, 5.41) is 0. The molecule has 0 atom stereocenters. The van der Waals surface area contributed by atoms with E-state index in [2.05, 4.69) is 4.98 Å². The van der Waals surface area contributed by atoms with Gasteiger partial charge in [0.05, 0.1) is 0 Å². The van der Waals surface area contributed by atoms with Gasteiger partial charge in [0.1, 0.15) is 11.8 Å². The van der Waals surface area contributed by atoms with Crippen LogP contribution < -0.4 is 10.5 Å². The number of alkyl halides is 3. The van der Waals surface area contributed by atoms with E-state index in [9.17, 15) is 17.6 Å². The van der Waals surface area contributed by atoms with Gasteiger partial charge in [-0.2, -0.15) is 17.6 Å². The SMILES string of the molecule is Cl.NC1CC(Oc2ccc(C(F)(F)F)nc2F)C1. The molecule has 0 radical (unpaired) electrons. The highest BCUT2D eigenvalue weighted by atomic mass is 35.5. The first-order valence-electron chi connectivity index (χ1n) is 5.02. The number of aromatic nitrogens is 1. The number of nitrogens with zero attached hydrogens (tertiary/aromatic N) is 1. The van der Waals surface area contributed by atoms with Crippen molar-refractivity contribution in [2.75, 3.05) is 0 Å². The maximum Gasteiger partial charge on any atom is 0.433 e. The summed E-state index contributed by atoms with van der Waals surface area (Å²) in [5.41, 5.74) is 4.23. The van der Waals surface area contributed by atoms with E-state index < -0.39 is 17.8 Å². The van der Waals surface area contributed by atoms with Crippen LogP contribution in [0.1, 0.15) is 18.5 Å². The summed E-state index contributed by atoms with van der Waals surface area (Å²) in [6, 6.07) is 1.65. The molecule has 102 valence electrons. The highest BCUT2D eigenvalue weighted by Gasteiger charge is 2.34. The standard InChI is InChI=1S/C10H10F4N2O.ClH/c11-9-7(17-6-3-5(15)4-6)1-2-8(16-9)10(12,13)14;/h1-2,5-6H,3-4,15H2;1H. The van der Waals surface area contributed by atoms with E-state index in [4.69, 9.17) is 10.5 Å². The molecule has 2 N–H and O–H groups in total. The van der Waals surface area contributed by atoms with E-state index >= 15 is 0 Å². The average Bonchev–Trinajstić information content (AvgIpc) is 2.16. The topological polar surface area (TPSA) is 48.1 Å². The maximum atomic E-state index is 13.2. The van der Waals surface area contributed by atoms with Crippen molar-refractivity contribution in [2.24, 2.45) is 5.73 Å². The molecule has 1 aliphatic rings. The molecule has 0 aliphatic heterocycles. The van der Waals surface area contributed by atoms with Crippen LogP contribution in [0.3, 0.4) is 0 Å². The molecule has 1 aliphatic carbocycles. The molecule has 1 heterocycles. The summed E-state index contributed by atoms with van der Waals surface area (Å²) in [6.07, 6.45) is -3.75. The largest absolute Gasteiger partial charge is 0.486 e. The molecule has 1 fully saturated rings. The second-order valence-corrected chi connectivity index (χ2v) is 3.95. The normalized spacial score (nSPS) is 22.9. The smallest absolute Gasteiger partial charge is 0.433 e. The van der Waals surface area contributed by atoms with E-state index in [1.165, 1.54) is 0 Å². The Morgan fingerprint density at radius 3 is 2.33 bits per heavy atom. The Morgan fingerprint density at radius 2 is 1.89 bits per heavy atom. The van der Waals surface area contributed by atoms with E-state index in [1.54, 1.807) is 0 Å². The Balaban J connectivity index is 0.00000162. The highest BCUT2D eigenvalue weighted by molar-refractivity contribution is 5.85. The van der Waals surface area contributed by atoms with Gasteiger partial charge in [0.25, 0.3) is 5.95 Å². The van der Waals surface area contributed by atoms with Crippen molar-refractivity contribution in [3.8, 4) is 5.75 Å². The minimum atomic E-state index is -4.65. The molecule has 2 rings (SSSR count). The molecule has 0 spiro atoms. The van der Waals surface area contributed by atoms with E-state index in [-0.39, 0.29) is 30.3 Å². The Bertz CT molecular complexity index is 421. The van der Waals surface area contributed by atoms with E-state index in [1.807, 2.05) is 0 Å². The van der Waals surface area contributed by atoms with Crippen molar-refractivity contribution in [3.05, 3.63) is 23.8 Å². The molecule has 1 aromatic heterocycles. The molecular weight excluding hydrogens is 276 g/mol. The lowest BCUT2D eigenvalue weighted by molar-refractivity contribution is -0.141. The van der Waals surface area contributed by atoms with Crippen LogP contribution >= 0.6 is 12.4 Å². The third kappa shape index (κ3) is 3.23. The zero-order valence-electron chi connectivity index (χ0n) is 9.08. The minimum Gasteiger partial charge on any atom is -0.486 e. The summed E-state index contributed by atoms with van der Waals surface area (Å²) in [7, 11) is 0. The first-order valence-corrected chi connectivity index (χ1v) is 5.02. The van der Waals surface area contributed by atoms with Gasteiger partial charge < -0.3 is 10.5 Å². The van der Waals surface area contributed by atoms with Gasteiger partial charge in [0.15, 0.2) is 5.75 Å². The van der Waals surface area contributed by atoms with Crippen LogP contribution in [0, 0.1) is 5.95 Å². The quantitative estimate of drug-likeness (QED) is 0.671. The third-order valence-corrected chi connectivity index (χ3v) is 2.53. The lowest BCUT2D eigenvalue weighted by atomic mass is 9.90. The van der Waals surface area contributed by atoms with Gasteiger partial charge >= 0.3 is 6.18 Å². The van der Waals surface area contributed by atoms with E-state index in [0.29, 0.717) is 18.9 Å².